The third-order valence-corrected chi connectivity index (χ3v) is 3.69. The molecule has 1 saturated carbocycles. The van der Waals surface area contributed by atoms with Crippen molar-refractivity contribution in [1.82, 2.24) is 4.98 Å². The number of carbonyl (C=O) groups is 1. The number of rotatable bonds is 2. The number of carboxylic acid groups (broad SMARTS) is 1. The van der Waals surface area contributed by atoms with Crippen molar-refractivity contribution >= 4 is 17.1 Å². The normalized spacial score (nSPS) is 23.6. The Hall–Kier alpha value is -1.84. The minimum atomic E-state index is -0.704. The summed E-state index contributed by atoms with van der Waals surface area (Å²) in [6.07, 6.45) is 2.21. The number of benzene rings is 1. The highest BCUT2D eigenvalue weighted by Gasteiger charge is 2.33. The van der Waals surface area contributed by atoms with E-state index >= 15 is 0 Å². The Morgan fingerprint density at radius 2 is 2.28 bits per heavy atom. The second-order valence-electron chi connectivity index (χ2n) is 5.07. The van der Waals surface area contributed by atoms with Gasteiger partial charge < -0.3 is 9.52 Å². The first kappa shape index (κ1) is 11.3. The van der Waals surface area contributed by atoms with Gasteiger partial charge in [0, 0.05) is 5.92 Å². The molecule has 1 aromatic carbocycles. The average Bonchev–Trinajstić information content (AvgIpc) is 2.93. The molecule has 1 N–H and O–H groups in total. The summed E-state index contributed by atoms with van der Waals surface area (Å²) in [5.74, 6) is -0.102. The van der Waals surface area contributed by atoms with E-state index in [9.17, 15) is 4.79 Å². The summed E-state index contributed by atoms with van der Waals surface area (Å²) in [4.78, 5) is 15.4. The molecule has 1 fully saturated rings. The summed E-state index contributed by atoms with van der Waals surface area (Å²) in [6.45, 7) is 2.02. The Kier molecular flexibility index (Phi) is 2.58. The zero-order chi connectivity index (χ0) is 12.7. The highest BCUT2D eigenvalue weighted by Crippen LogP contribution is 2.38. The first-order valence-corrected chi connectivity index (χ1v) is 6.23. The lowest BCUT2D eigenvalue weighted by Crippen LogP contribution is -2.09. The largest absolute Gasteiger partial charge is 0.481 e. The quantitative estimate of drug-likeness (QED) is 0.883. The van der Waals surface area contributed by atoms with Crippen molar-refractivity contribution in [2.75, 3.05) is 0 Å². The van der Waals surface area contributed by atoms with Gasteiger partial charge in [-0.25, -0.2) is 4.98 Å². The number of nitrogens with zero attached hydrogens (tertiary/aromatic N) is 1. The lowest BCUT2D eigenvalue weighted by atomic mass is 10.1. The van der Waals surface area contributed by atoms with Crippen LogP contribution < -0.4 is 0 Å². The molecular formula is C14H15NO3. The minimum absolute atomic E-state index is 0.152. The van der Waals surface area contributed by atoms with E-state index in [-0.39, 0.29) is 11.8 Å². The molecule has 4 nitrogen and oxygen atoms in total. The first-order chi connectivity index (χ1) is 8.63. The second-order valence-corrected chi connectivity index (χ2v) is 5.07. The summed E-state index contributed by atoms with van der Waals surface area (Å²) in [5.41, 5.74) is 2.80. The van der Waals surface area contributed by atoms with Crippen molar-refractivity contribution in [1.29, 1.82) is 0 Å². The maximum absolute atomic E-state index is 10.9. The van der Waals surface area contributed by atoms with Crippen LogP contribution in [0, 0.1) is 12.8 Å². The van der Waals surface area contributed by atoms with Crippen LogP contribution in [-0.4, -0.2) is 16.1 Å². The van der Waals surface area contributed by atoms with E-state index in [4.69, 9.17) is 9.52 Å². The van der Waals surface area contributed by atoms with E-state index in [2.05, 4.69) is 4.98 Å². The van der Waals surface area contributed by atoms with Crippen LogP contribution in [0.25, 0.3) is 11.1 Å². The molecule has 0 radical (unpaired) electrons. The summed E-state index contributed by atoms with van der Waals surface area (Å²) >= 11 is 0. The molecule has 0 saturated heterocycles. The average molecular weight is 245 g/mol. The molecule has 2 aromatic rings. The predicted molar refractivity (Wildman–Crippen MR) is 66.5 cm³/mol. The van der Waals surface area contributed by atoms with Crippen LogP contribution in [0.3, 0.4) is 0 Å². The summed E-state index contributed by atoms with van der Waals surface area (Å²) in [6, 6.07) is 5.91. The van der Waals surface area contributed by atoms with Gasteiger partial charge in [-0.2, -0.15) is 0 Å². The van der Waals surface area contributed by atoms with Gasteiger partial charge >= 0.3 is 5.97 Å². The van der Waals surface area contributed by atoms with Crippen molar-refractivity contribution in [3.05, 3.63) is 29.7 Å². The molecule has 4 heteroatoms. The maximum Gasteiger partial charge on any atom is 0.306 e. The molecular weight excluding hydrogens is 230 g/mol. The van der Waals surface area contributed by atoms with E-state index < -0.39 is 5.97 Å². The van der Waals surface area contributed by atoms with Crippen LogP contribution >= 0.6 is 0 Å². The molecule has 1 aromatic heterocycles. The zero-order valence-corrected chi connectivity index (χ0v) is 10.2. The van der Waals surface area contributed by atoms with E-state index in [0.717, 1.165) is 29.5 Å². The van der Waals surface area contributed by atoms with Gasteiger partial charge in [-0.05, 0) is 43.9 Å². The molecule has 1 aliphatic rings. The SMILES string of the molecule is Cc1ccc2oc(C3CCC(C(=O)O)C3)nc2c1. The summed E-state index contributed by atoms with van der Waals surface area (Å²) in [7, 11) is 0. The lowest BCUT2D eigenvalue weighted by Gasteiger charge is -2.03. The summed E-state index contributed by atoms with van der Waals surface area (Å²) < 4.78 is 5.73. The highest BCUT2D eigenvalue weighted by molar-refractivity contribution is 5.73. The fraction of sp³-hybridized carbons (Fsp3) is 0.429. The van der Waals surface area contributed by atoms with Gasteiger partial charge in [0.2, 0.25) is 0 Å². The topological polar surface area (TPSA) is 63.3 Å². The van der Waals surface area contributed by atoms with Crippen molar-refractivity contribution in [2.45, 2.75) is 32.1 Å². The Morgan fingerprint density at radius 3 is 3.00 bits per heavy atom. The predicted octanol–water partition coefficient (Wildman–Crippen LogP) is 3.10. The van der Waals surface area contributed by atoms with Crippen LogP contribution in [0.4, 0.5) is 0 Å². The van der Waals surface area contributed by atoms with E-state index in [1.807, 2.05) is 25.1 Å². The smallest absolute Gasteiger partial charge is 0.306 e. The van der Waals surface area contributed by atoms with Crippen LogP contribution in [0.2, 0.25) is 0 Å². The number of hydrogen-bond donors (Lipinski definition) is 1. The fourth-order valence-electron chi connectivity index (χ4n) is 2.66. The van der Waals surface area contributed by atoms with Crippen molar-refractivity contribution in [2.24, 2.45) is 5.92 Å². The molecule has 94 valence electrons. The Labute approximate surface area is 105 Å². The number of fused-ring (bicyclic) bond motifs is 1. The third kappa shape index (κ3) is 1.88. The van der Waals surface area contributed by atoms with Gasteiger partial charge in [0.25, 0.3) is 0 Å². The third-order valence-electron chi connectivity index (χ3n) is 3.69. The molecule has 0 aliphatic heterocycles. The van der Waals surface area contributed by atoms with Gasteiger partial charge in [0.1, 0.15) is 5.52 Å². The maximum atomic E-state index is 10.9. The number of aliphatic carboxylic acids is 1. The second kappa shape index (κ2) is 4.12. The fourth-order valence-corrected chi connectivity index (χ4v) is 2.66. The van der Waals surface area contributed by atoms with Gasteiger partial charge in [0.05, 0.1) is 5.92 Å². The van der Waals surface area contributed by atoms with E-state index in [1.165, 1.54) is 0 Å². The number of carboxylic acids is 1. The molecule has 1 aliphatic carbocycles. The standard InChI is InChI=1S/C14H15NO3/c1-8-2-5-12-11(6-8)15-13(18-12)9-3-4-10(7-9)14(16)17/h2,5-6,9-10H,3-4,7H2,1H3,(H,16,17). The first-order valence-electron chi connectivity index (χ1n) is 6.23. The molecule has 0 bridgehead atoms. The Bertz CT molecular complexity index is 602. The van der Waals surface area contributed by atoms with Crippen molar-refractivity contribution in [3.63, 3.8) is 0 Å². The lowest BCUT2D eigenvalue weighted by molar-refractivity contribution is -0.141. The summed E-state index contributed by atoms with van der Waals surface area (Å²) in [5, 5.41) is 9.00. The molecule has 0 spiro atoms. The van der Waals surface area contributed by atoms with Crippen molar-refractivity contribution in [3.8, 4) is 0 Å². The van der Waals surface area contributed by atoms with Crippen LogP contribution in [0.5, 0.6) is 0 Å². The Morgan fingerprint density at radius 1 is 1.44 bits per heavy atom. The monoisotopic (exact) mass is 245 g/mol. The molecule has 2 unspecified atom stereocenters. The number of aromatic nitrogens is 1. The van der Waals surface area contributed by atoms with E-state index in [0.29, 0.717) is 12.3 Å². The van der Waals surface area contributed by atoms with E-state index in [1.54, 1.807) is 0 Å². The molecule has 0 amide bonds. The van der Waals surface area contributed by atoms with Crippen LogP contribution in [0.1, 0.15) is 36.6 Å². The Balaban J connectivity index is 1.89. The van der Waals surface area contributed by atoms with Gasteiger partial charge in [-0.15, -0.1) is 0 Å². The highest BCUT2D eigenvalue weighted by atomic mass is 16.4. The van der Waals surface area contributed by atoms with Crippen LogP contribution in [0.15, 0.2) is 22.6 Å². The molecule has 2 atom stereocenters. The van der Waals surface area contributed by atoms with Gasteiger partial charge in [0.15, 0.2) is 11.5 Å². The molecule has 1 heterocycles. The van der Waals surface area contributed by atoms with Crippen LogP contribution in [-0.2, 0) is 4.79 Å². The number of aryl methyl sites for hydroxylation is 1. The number of hydrogen-bond acceptors (Lipinski definition) is 3. The van der Waals surface area contributed by atoms with Gasteiger partial charge in [-0.3, -0.25) is 4.79 Å². The molecule has 18 heavy (non-hydrogen) atoms. The molecule has 3 rings (SSSR count). The number of oxazole rings is 1. The van der Waals surface area contributed by atoms with Gasteiger partial charge in [-0.1, -0.05) is 6.07 Å². The zero-order valence-electron chi connectivity index (χ0n) is 10.2. The van der Waals surface area contributed by atoms with Crippen molar-refractivity contribution < 1.29 is 14.3 Å². The minimum Gasteiger partial charge on any atom is -0.481 e.